The summed E-state index contributed by atoms with van der Waals surface area (Å²) < 4.78 is 26.6. The van der Waals surface area contributed by atoms with Crippen molar-refractivity contribution in [3.8, 4) is 0 Å². The Hall–Kier alpha value is -2.31. The van der Waals surface area contributed by atoms with Gasteiger partial charge in [-0.2, -0.15) is 0 Å². The molecule has 2 aromatic rings. The van der Waals surface area contributed by atoms with Crippen LogP contribution in [0.4, 0.5) is 0 Å². The third kappa shape index (κ3) is 5.92. The van der Waals surface area contributed by atoms with Gasteiger partial charge in [0.1, 0.15) is 0 Å². The first kappa shape index (κ1) is 19.0. The van der Waals surface area contributed by atoms with Gasteiger partial charge >= 0.3 is 0 Å². The number of rotatable bonds is 6. The van der Waals surface area contributed by atoms with Crippen molar-refractivity contribution in [3.05, 3.63) is 83.3 Å². The molecule has 0 atom stereocenters. The number of sulfonamides is 1. The summed E-state index contributed by atoms with van der Waals surface area (Å²) in [5.74, 6) is -0.683. The number of hydrogen-bond donors (Lipinski definition) is 1. The van der Waals surface area contributed by atoms with E-state index in [4.69, 9.17) is 0 Å². The van der Waals surface area contributed by atoms with E-state index in [1.807, 2.05) is 44.2 Å². The first-order chi connectivity index (χ1) is 11.9. The molecule has 0 bridgehead atoms. The minimum Gasteiger partial charge on any atom is -0.269 e. The number of hydrogen-bond acceptors (Lipinski definition) is 4. The van der Waals surface area contributed by atoms with Crippen LogP contribution in [-0.2, 0) is 14.8 Å². The molecule has 1 N–H and O–H groups in total. The number of allylic oxidation sites excluding steroid dienone is 2. The van der Waals surface area contributed by atoms with Gasteiger partial charge in [0, 0.05) is 15.9 Å². The second kappa shape index (κ2) is 8.69. The molecule has 6 heteroatoms. The smallest absolute Gasteiger partial charge is 0.264 e. The number of carbonyl (C=O) groups excluding carboxylic acids is 1. The SMILES string of the molecule is C/C=C/C(=C\C(=O)NS(=O)(=O)c1ccc(C)cc1)Sc1ccccc1. The summed E-state index contributed by atoms with van der Waals surface area (Å²) in [6.07, 6.45) is 4.84. The largest absolute Gasteiger partial charge is 0.269 e. The average Bonchev–Trinajstić information content (AvgIpc) is 2.55. The molecule has 0 aliphatic rings. The Balaban J connectivity index is 2.16. The molecule has 1 amide bonds. The van der Waals surface area contributed by atoms with Gasteiger partial charge < -0.3 is 0 Å². The van der Waals surface area contributed by atoms with Crippen molar-refractivity contribution in [2.45, 2.75) is 23.6 Å². The Kier molecular flexibility index (Phi) is 6.61. The molecule has 0 aliphatic heterocycles. The summed E-state index contributed by atoms with van der Waals surface area (Å²) in [7, 11) is -3.89. The van der Waals surface area contributed by atoms with Gasteiger partial charge in [-0.05, 0) is 38.1 Å². The van der Waals surface area contributed by atoms with Crippen LogP contribution >= 0.6 is 11.8 Å². The lowest BCUT2D eigenvalue weighted by atomic mass is 10.2. The maximum absolute atomic E-state index is 12.3. The van der Waals surface area contributed by atoms with E-state index in [0.29, 0.717) is 4.91 Å². The molecule has 0 radical (unpaired) electrons. The molecule has 0 unspecified atom stereocenters. The summed E-state index contributed by atoms with van der Waals surface area (Å²) in [5.41, 5.74) is 0.944. The van der Waals surface area contributed by atoms with E-state index in [-0.39, 0.29) is 4.90 Å². The Morgan fingerprint density at radius 2 is 1.68 bits per heavy atom. The first-order valence-corrected chi connectivity index (χ1v) is 9.91. The quantitative estimate of drug-likeness (QED) is 0.471. The van der Waals surface area contributed by atoms with Gasteiger partial charge in [-0.1, -0.05) is 59.8 Å². The highest BCUT2D eigenvalue weighted by molar-refractivity contribution is 8.03. The predicted molar refractivity (Wildman–Crippen MR) is 102 cm³/mol. The van der Waals surface area contributed by atoms with Crippen LogP contribution < -0.4 is 4.72 Å². The Morgan fingerprint density at radius 1 is 1.04 bits per heavy atom. The fraction of sp³-hybridized carbons (Fsp3) is 0.105. The van der Waals surface area contributed by atoms with Crippen LogP contribution in [0.2, 0.25) is 0 Å². The molecule has 2 rings (SSSR count). The number of carbonyl (C=O) groups is 1. The molecule has 0 saturated heterocycles. The summed E-state index contributed by atoms with van der Waals surface area (Å²) in [4.78, 5) is 13.8. The third-order valence-corrected chi connectivity index (χ3v) is 5.51. The highest BCUT2D eigenvalue weighted by atomic mass is 32.2. The van der Waals surface area contributed by atoms with Gasteiger partial charge in [-0.15, -0.1) is 0 Å². The number of thioether (sulfide) groups is 1. The van der Waals surface area contributed by atoms with Crippen molar-refractivity contribution in [1.29, 1.82) is 0 Å². The van der Waals surface area contributed by atoms with E-state index in [1.54, 1.807) is 24.3 Å². The van der Waals surface area contributed by atoms with Crippen molar-refractivity contribution in [2.75, 3.05) is 0 Å². The predicted octanol–water partition coefficient (Wildman–Crippen LogP) is 4.05. The molecule has 0 saturated carbocycles. The molecule has 4 nitrogen and oxygen atoms in total. The van der Waals surface area contributed by atoms with E-state index in [0.717, 1.165) is 10.5 Å². The lowest BCUT2D eigenvalue weighted by Crippen LogP contribution is -2.29. The number of nitrogens with one attached hydrogen (secondary N) is 1. The molecule has 25 heavy (non-hydrogen) atoms. The van der Waals surface area contributed by atoms with Crippen LogP contribution in [0.1, 0.15) is 12.5 Å². The zero-order chi connectivity index (χ0) is 18.3. The van der Waals surface area contributed by atoms with Crippen LogP contribution in [0.5, 0.6) is 0 Å². The fourth-order valence-electron chi connectivity index (χ4n) is 1.97. The summed E-state index contributed by atoms with van der Waals surface area (Å²) in [5, 5.41) is 0. The Bertz CT molecular complexity index is 884. The van der Waals surface area contributed by atoms with Gasteiger partial charge in [-0.3, -0.25) is 4.79 Å². The van der Waals surface area contributed by atoms with E-state index in [1.165, 1.54) is 30.0 Å². The van der Waals surface area contributed by atoms with Gasteiger partial charge in [0.2, 0.25) is 0 Å². The minimum absolute atomic E-state index is 0.0585. The normalized spacial score (nSPS) is 12.3. The van der Waals surface area contributed by atoms with Crippen molar-refractivity contribution < 1.29 is 13.2 Å². The van der Waals surface area contributed by atoms with E-state index >= 15 is 0 Å². The van der Waals surface area contributed by atoms with Crippen LogP contribution in [-0.4, -0.2) is 14.3 Å². The van der Waals surface area contributed by atoms with Gasteiger partial charge in [0.05, 0.1) is 4.90 Å². The zero-order valence-corrected chi connectivity index (χ0v) is 15.6. The number of benzene rings is 2. The van der Waals surface area contributed by atoms with Crippen LogP contribution in [0.25, 0.3) is 0 Å². The minimum atomic E-state index is -3.89. The lowest BCUT2D eigenvalue weighted by molar-refractivity contribution is -0.114. The molecule has 0 aliphatic carbocycles. The summed E-state index contributed by atoms with van der Waals surface area (Å²) >= 11 is 1.38. The zero-order valence-electron chi connectivity index (χ0n) is 14.0. The molecular weight excluding hydrogens is 354 g/mol. The molecule has 130 valence electrons. The molecule has 0 fully saturated rings. The topological polar surface area (TPSA) is 63.2 Å². The standard InChI is InChI=1S/C19H19NO3S2/c1-3-7-17(24-16-8-5-4-6-9-16)14-19(21)20-25(22,23)18-12-10-15(2)11-13-18/h3-14H,1-2H3,(H,20,21)/b7-3+,17-14+. The van der Waals surface area contributed by atoms with Crippen LogP contribution in [0.15, 0.2) is 87.5 Å². The summed E-state index contributed by atoms with van der Waals surface area (Å²) in [6, 6.07) is 15.9. The Labute approximate surface area is 152 Å². The summed E-state index contributed by atoms with van der Waals surface area (Å²) in [6.45, 7) is 3.70. The van der Waals surface area contributed by atoms with Gasteiger partial charge in [0.15, 0.2) is 0 Å². The molecule has 0 heterocycles. The second-order valence-electron chi connectivity index (χ2n) is 5.24. The maximum atomic E-state index is 12.3. The van der Waals surface area contributed by atoms with Crippen molar-refractivity contribution in [1.82, 2.24) is 4.72 Å². The molecular formula is C19H19NO3S2. The van der Waals surface area contributed by atoms with Crippen LogP contribution in [0.3, 0.4) is 0 Å². The van der Waals surface area contributed by atoms with Crippen molar-refractivity contribution >= 4 is 27.7 Å². The maximum Gasteiger partial charge on any atom is 0.264 e. The third-order valence-electron chi connectivity index (χ3n) is 3.15. The monoisotopic (exact) mass is 373 g/mol. The van der Waals surface area contributed by atoms with Crippen molar-refractivity contribution in [2.24, 2.45) is 0 Å². The molecule has 0 spiro atoms. The van der Waals surface area contributed by atoms with Crippen molar-refractivity contribution in [3.63, 3.8) is 0 Å². The fourth-order valence-corrected chi connectivity index (χ4v) is 3.84. The first-order valence-electron chi connectivity index (χ1n) is 7.61. The lowest BCUT2D eigenvalue weighted by Gasteiger charge is -2.06. The Morgan fingerprint density at radius 3 is 2.28 bits per heavy atom. The number of amides is 1. The van der Waals surface area contributed by atoms with E-state index < -0.39 is 15.9 Å². The van der Waals surface area contributed by atoms with E-state index in [9.17, 15) is 13.2 Å². The van der Waals surface area contributed by atoms with E-state index in [2.05, 4.69) is 4.72 Å². The van der Waals surface area contributed by atoms with Crippen LogP contribution in [0, 0.1) is 6.92 Å². The number of aryl methyl sites for hydroxylation is 1. The van der Waals surface area contributed by atoms with Gasteiger partial charge in [0.25, 0.3) is 15.9 Å². The molecule has 2 aromatic carbocycles. The highest BCUT2D eigenvalue weighted by Gasteiger charge is 2.16. The second-order valence-corrected chi connectivity index (χ2v) is 8.07. The van der Waals surface area contributed by atoms with Gasteiger partial charge in [-0.25, -0.2) is 13.1 Å². The average molecular weight is 373 g/mol. The molecule has 0 aromatic heterocycles. The highest BCUT2D eigenvalue weighted by Crippen LogP contribution is 2.27.